The standard InChI is InChI=1S/C13H15N5O2/c1-18-11-4-2-3-9(8(11)5-16-18)17-12-7-14-10(6-15-12)13(19)20/h5-7,9H,2-4H2,1H3,(H,15,17)(H,19,20). The van der Waals surface area contributed by atoms with Crippen LogP contribution in [0.4, 0.5) is 5.82 Å². The van der Waals surface area contributed by atoms with Gasteiger partial charge in [-0.15, -0.1) is 0 Å². The van der Waals surface area contributed by atoms with Gasteiger partial charge in [-0.2, -0.15) is 5.10 Å². The first-order valence-corrected chi connectivity index (χ1v) is 6.48. The molecule has 0 aliphatic heterocycles. The van der Waals surface area contributed by atoms with Gasteiger partial charge in [0.1, 0.15) is 5.82 Å². The van der Waals surface area contributed by atoms with Crippen molar-refractivity contribution in [1.82, 2.24) is 19.7 Å². The number of hydrogen-bond acceptors (Lipinski definition) is 5. The number of rotatable bonds is 3. The molecule has 1 aliphatic rings. The molecule has 0 bridgehead atoms. The van der Waals surface area contributed by atoms with Crippen molar-refractivity contribution >= 4 is 11.8 Å². The summed E-state index contributed by atoms with van der Waals surface area (Å²) < 4.78 is 1.91. The first-order valence-electron chi connectivity index (χ1n) is 6.48. The van der Waals surface area contributed by atoms with E-state index in [2.05, 4.69) is 20.4 Å². The molecule has 0 fully saturated rings. The molecule has 1 unspecified atom stereocenters. The van der Waals surface area contributed by atoms with Crippen molar-refractivity contribution in [2.45, 2.75) is 25.3 Å². The van der Waals surface area contributed by atoms with E-state index in [1.54, 1.807) is 0 Å². The molecule has 1 atom stereocenters. The average Bonchev–Trinajstić information content (AvgIpc) is 2.82. The maximum atomic E-state index is 10.7. The molecule has 2 aromatic rings. The van der Waals surface area contributed by atoms with Gasteiger partial charge in [0.25, 0.3) is 0 Å². The van der Waals surface area contributed by atoms with E-state index in [0.29, 0.717) is 5.82 Å². The molecule has 0 amide bonds. The summed E-state index contributed by atoms with van der Waals surface area (Å²) in [6, 6.07) is 0.150. The number of nitrogens with zero attached hydrogens (tertiary/aromatic N) is 4. The van der Waals surface area contributed by atoms with Crippen LogP contribution >= 0.6 is 0 Å². The minimum absolute atomic E-state index is 0.0544. The smallest absolute Gasteiger partial charge is 0.356 e. The molecule has 0 saturated heterocycles. The molecule has 3 rings (SSSR count). The number of aromatic nitrogens is 4. The highest BCUT2D eigenvalue weighted by Gasteiger charge is 2.23. The number of fused-ring (bicyclic) bond motifs is 1. The molecule has 0 aromatic carbocycles. The Morgan fingerprint density at radius 2 is 2.25 bits per heavy atom. The number of aromatic carboxylic acids is 1. The lowest BCUT2D eigenvalue weighted by Crippen LogP contribution is -2.18. The number of carboxylic acid groups (broad SMARTS) is 1. The highest BCUT2D eigenvalue weighted by atomic mass is 16.4. The number of nitrogens with one attached hydrogen (secondary N) is 1. The van der Waals surface area contributed by atoms with Crippen LogP contribution in [0.2, 0.25) is 0 Å². The van der Waals surface area contributed by atoms with E-state index < -0.39 is 5.97 Å². The quantitative estimate of drug-likeness (QED) is 0.878. The number of carbonyl (C=O) groups is 1. The second-order valence-electron chi connectivity index (χ2n) is 4.85. The third kappa shape index (κ3) is 2.22. The zero-order chi connectivity index (χ0) is 14.1. The molecule has 2 aromatic heterocycles. The lowest BCUT2D eigenvalue weighted by Gasteiger charge is -2.24. The Kier molecular flexibility index (Phi) is 3.09. The molecular weight excluding hydrogens is 258 g/mol. The highest BCUT2D eigenvalue weighted by molar-refractivity contribution is 5.84. The summed E-state index contributed by atoms with van der Waals surface area (Å²) in [6.45, 7) is 0. The van der Waals surface area contributed by atoms with Gasteiger partial charge >= 0.3 is 5.97 Å². The first-order chi connectivity index (χ1) is 9.65. The second-order valence-corrected chi connectivity index (χ2v) is 4.85. The lowest BCUT2D eigenvalue weighted by molar-refractivity contribution is 0.0690. The second kappa shape index (κ2) is 4.92. The minimum Gasteiger partial charge on any atom is -0.476 e. The summed E-state index contributed by atoms with van der Waals surface area (Å²) in [5.74, 6) is -0.493. The average molecular weight is 273 g/mol. The maximum absolute atomic E-state index is 10.7. The zero-order valence-electron chi connectivity index (χ0n) is 11.1. The molecule has 104 valence electrons. The summed E-state index contributed by atoms with van der Waals surface area (Å²) in [4.78, 5) is 18.7. The first kappa shape index (κ1) is 12.6. The van der Waals surface area contributed by atoms with Gasteiger partial charge in [-0.1, -0.05) is 0 Å². The van der Waals surface area contributed by atoms with Crippen LogP contribution in [0.5, 0.6) is 0 Å². The van der Waals surface area contributed by atoms with Gasteiger partial charge in [-0.3, -0.25) is 4.68 Å². The van der Waals surface area contributed by atoms with Crippen molar-refractivity contribution in [2.75, 3.05) is 5.32 Å². The fourth-order valence-electron chi connectivity index (χ4n) is 2.55. The third-order valence-electron chi connectivity index (χ3n) is 3.57. The molecule has 0 radical (unpaired) electrons. The third-order valence-corrected chi connectivity index (χ3v) is 3.57. The molecule has 2 heterocycles. The van der Waals surface area contributed by atoms with E-state index in [0.717, 1.165) is 19.3 Å². The molecular formula is C13H15N5O2. The Hall–Kier alpha value is -2.44. The van der Waals surface area contributed by atoms with E-state index in [1.165, 1.54) is 23.7 Å². The molecule has 2 N–H and O–H groups in total. The van der Waals surface area contributed by atoms with Gasteiger partial charge in [-0.25, -0.2) is 14.8 Å². The monoisotopic (exact) mass is 273 g/mol. The van der Waals surface area contributed by atoms with Crippen molar-refractivity contribution in [3.8, 4) is 0 Å². The Bertz CT molecular complexity index is 635. The van der Waals surface area contributed by atoms with E-state index in [-0.39, 0.29) is 11.7 Å². The molecule has 0 spiro atoms. The fourth-order valence-corrected chi connectivity index (χ4v) is 2.55. The van der Waals surface area contributed by atoms with Crippen LogP contribution in [0.1, 0.15) is 40.6 Å². The molecule has 20 heavy (non-hydrogen) atoms. The number of aryl methyl sites for hydroxylation is 1. The van der Waals surface area contributed by atoms with Crippen molar-refractivity contribution in [2.24, 2.45) is 7.05 Å². The molecule has 1 aliphatic carbocycles. The SMILES string of the molecule is Cn1ncc2c1CCCC2Nc1cnc(C(=O)O)cn1. The highest BCUT2D eigenvalue weighted by Crippen LogP contribution is 2.31. The van der Waals surface area contributed by atoms with Crippen molar-refractivity contribution in [3.05, 3.63) is 35.5 Å². The topological polar surface area (TPSA) is 92.9 Å². The Morgan fingerprint density at radius 1 is 1.40 bits per heavy atom. The maximum Gasteiger partial charge on any atom is 0.356 e. The Balaban J connectivity index is 1.80. The lowest BCUT2D eigenvalue weighted by atomic mass is 9.93. The molecule has 0 saturated carbocycles. The zero-order valence-corrected chi connectivity index (χ0v) is 11.1. The molecule has 7 heteroatoms. The fraction of sp³-hybridized carbons (Fsp3) is 0.385. The van der Waals surface area contributed by atoms with E-state index in [1.807, 2.05) is 17.9 Å². The Morgan fingerprint density at radius 3 is 2.95 bits per heavy atom. The minimum atomic E-state index is -1.07. The molecule has 7 nitrogen and oxygen atoms in total. The number of hydrogen-bond donors (Lipinski definition) is 2. The summed E-state index contributed by atoms with van der Waals surface area (Å²) in [5.41, 5.74) is 2.37. The van der Waals surface area contributed by atoms with Gasteiger partial charge in [0.05, 0.1) is 24.6 Å². The van der Waals surface area contributed by atoms with E-state index in [9.17, 15) is 4.79 Å². The van der Waals surface area contributed by atoms with E-state index in [4.69, 9.17) is 5.11 Å². The van der Waals surface area contributed by atoms with Crippen LogP contribution in [-0.4, -0.2) is 30.8 Å². The predicted octanol–water partition coefficient (Wildman–Crippen LogP) is 1.40. The van der Waals surface area contributed by atoms with Gasteiger partial charge in [-0.05, 0) is 19.3 Å². The van der Waals surface area contributed by atoms with Gasteiger partial charge in [0.15, 0.2) is 5.69 Å². The van der Waals surface area contributed by atoms with Crippen LogP contribution in [0.15, 0.2) is 18.6 Å². The largest absolute Gasteiger partial charge is 0.476 e. The summed E-state index contributed by atoms with van der Waals surface area (Å²) in [5, 5.41) is 16.4. The van der Waals surface area contributed by atoms with Crippen LogP contribution in [-0.2, 0) is 13.5 Å². The van der Waals surface area contributed by atoms with Crippen LogP contribution in [0.3, 0.4) is 0 Å². The normalized spacial score (nSPS) is 17.6. The van der Waals surface area contributed by atoms with Gasteiger partial charge in [0.2, 0.25) is 0 Å². The van der Waals surface area contributed by atoms with Crippen molar-refractivity contribution in [1.29, 1.82) is 0 Å². The summed E-state index contributed by atoms with van der Waals surface area (Å²) in [7, 11) is 1.95. The van der Waals surface area contributed by atoms with Crippen molar-refractivity contribution < 1.29 is 9.90 Å². The number of anilines is 1. The van der Waals surface area contributed by atoms with Crippen LogP contribution in [0, 0.1) is 0 Å². The predicted molar refractivity (Wildman–Crippen MR) is 71.5 cm³/mol. The van der Waals surface area contributed by atoms with Gasteiger partial charge < -0.3 is 10.4 Å². The van der Waals surface area contributed by atoms with Crippen LogP contribution in [0.25, 0.3) is 0 Å². The van der Waals surface area contributed by atoms with Crippen molar-refractivity contribution in [3.63, 3.8) is 0 Å². The number of carboxylic acids is 1. The van der Waals surface area contributed by atoms with Crippen LogP contribution < -0.4 is 5.32 Å². The Labute approximate surface area is 115 Å². The van der Waals surface area contributed by atoms with Gasteiger partial charge in [0, 0.05) is 18.3 Å². The van der Waals surface area contributed by atoms with E-state index >= 15 is 0 Å². The summed E-state index contributed by atoms with van der Waals surface area (Å²) in [6.07, 6.45) is 7.72. The summed E-state index contributed by atoms with van der Waals surface area (Å²) >= 11 is 0.